The first kappa shape index (κ1) is 18.5. The van der Waals surface area contributed by atoms with Crippen molar-refractivity contribution < 1.29 is 9.13 Å². The Morgan fingerprint density at radius 3 is 2.63 bits per heavy atom. The third kappa shape index (κ3) is 4.28. The van der Waals surface area contributed by atoms with Gasteiger partial charge in [-0.25, -0.2) is 14.4 Å². The van der Waals surface area contributed by atoms with E-state index in [1.165, 1.54) is 19.2 Å². The minimum Gasteiger partial charge on any atom is -0.496 e. The third-order valence-electron chi connectivity index (χ3n) is 4.15. The van der Waals surface area contributed by atoms with Gasteiger partial charge in [0.15, 0.2) is 0 Å². The molecule has 27 heavy (non-hydrogen) atoms. The summed E-state index contributed by atoms with van der Waals surface area (Å²) in [5, 5.41) is 0. The molecule has 2 aromatic heterocycles. The SMILES string of the molecule is C=CCN(C)c1ncc(Cc2ncccc2-c2ccc(F)cc2OC)cn1. The van der Waals surface area contributed by atoms with Crippen LogP contribution in [0.5, 0.6) is 5.75 Å². The molecule has 0 aliphatic carbocycles. The molecule has 0 spiro atoms. The zero-order valence-electron chi connectivity index (χ0n) is 15.4. The predicted octanol–water partition coefficient (Wildman–Crippen LogP) is 3.90. The topological polar surface area (TPSA) is 51.1 Å². The number of aromatic nitrogens is 3. The monoisotopic (exact) mass is 364 g/mol. The predicted molar refractivity (Wildman–Crippen MR) is 104 cm³/mol. The Hall–Kier alpha value is -3.28. The molecule has 0 bridgehead atoms. The maximum absolute atomic E-state index is 13.5. The molecule has 0 N–H and O–H groups in total. The fourth-order valence-corrected chi connectivity index (χ4v) is 2.82. The van der Waals surface area contributed by atoms with Crippen LogP contribution in [-0.2, 0) is 6.42 Å². The van der Waals surface area contributed by atoms with Crippen LogP contribution in [-0.4, -0.2) is 35.7 Å². The molecule has 0 aliphatic rings. The fourth-order valence-electron chi connectivity index (χ4n) is 2.82. The molecule has 2 heterocycles. The lowest BCUT2D eigenvalue weighted by atomic mass is 9.99. The van der Waals surface area contributed by atoms with Gasteiger partial charge in [-0.05, 0) is 23.8 Å². The highest BCUT2D eigenvalue weighted by Gasteiger charge is 2.13. The van der Waals surface area contributed by atoms with Crippen LogP contribution >= 0.6 is 0 Å². The van der Waals surface area contributed by atoms with Crippen molar-refractivity contribution >= 4 is 5.95 Å². The molecular formula is C21H21FN4O. The molecule has 3 rings (SSSR count). The Morgan fingerprint density at radius 1 is 1.15 bits per heavy atom. The van der Waals surface area contributed by atoms with E-state index in [0.29, 0.717) is 24.7 Å². The quantitative estimate of drug-likeness (QED) is 0.595. The lowest BCUT2D eigenvalue weighted by molar-refractivity contribution is 0.413. The zero-order chi connectivity index (χ0) is 19.2. The molecule has 0 radical (unpaired) electrons. The molecule has 0 saturated heterocycles. The Kier molecular flexibility index (Phi) is 5.76. The highest BCUT2D eigenvalue weighted by Crippen LogP contribution is 2.33. The van der Waals surface area contributed by atoms with Crippen LogP contribution in [0, 0.1) is 5.82 Å². The van der Waals surface area contributed by atoms with Gasteiger partial charge in [0.2, 0.25) is 5.95 Å². The number of ether oxygens (including phenoxy) is 1. The normalized spacial score (nSPS) is 10.5. The Morgan fingerprint density at radius 2 is 1.93 bits per heavy atom. The number of hydrogen-bond acceptors (Lipinski definition) is 5. The van der Waals surface area contributed by atoms with Crippen molar-refractivity contribution in [3.63, 3.8) is 0 Å². The van der Waals surface area contributed by atoms with Crippen LogP contribution in [0.25, 0.3) is 11.1 Å². The van der Waals surface area contributed by atoms with Crippen molar-refractivity contribution in [2.75, 3.05) is 25.6 Å². The number of benzene rings is 1. The minimum absolute atomic E-state index is 0.339. The summed E-state index contributed by atoms with van der Waals surface area (Å²) in [5.41, 5.74) is 3.47. The number of nitrogens with zero attached hydrogens (tertiary/aromatic N) is 4. The first-order valence-corrected chi connectivity index (χ1v) is 8.53. The van der Waals surface area contributed by atoms with Crippen LogP contribution < -0.4 is 9.64 Å². The van der Waals surface area contributed by atoms with E-state index in [0.717, 1.165) is 22.4 Å². The molecule has 6 heteroatoms. The van der Waals surface area contributed by atoms with Gasteiger partial charge >= 0.3 is 0 Å². The lowest BCUT2D eigenvalue weighted by Crippen LogP contribution is -2.19. The first-order valence-electron chi connectivity index (χ1n) is 8.53. The summed E-state index contributed by atoms with van der Waals surface area (Å²) >= 11 is 0. The molecule has 1 aromatic carbocycles. The Balaban J connectivity index is 1.90. The molecular weight excluding hydrogens is 343 g/mol. The summed E-state index contributed by atoms with van der Waals surface area (Å²) in [6.45, 7) is 4.39. The summed E-state index contributed by atoms with van der Waals surface area (Å²) in [5.74, 6) is 0.774. The van der Waals surface area contributed by atoms with Crippen molar-refractivity contribution in [3.8, 4) is 16.9 Å². The van der Waals surface area contributed by atoms with Crippen molar-refractivity contribution in [2.45, 2.75) is 6.42 Å². The second-order valence-electron chi connectivity index (χ2n) is 6.08. The first-order chi connectivity index (χ1) is 13.1. The molecule has 0 aliphatic heterocycles. The van der Waals surface area contributed by atoms with Crippen LogP contribution in [0.4, 0.5) is 10.3 Å². The summed E-state index contributed by atoms with van der Waals surface area (Å²) in [6, 6.07) is 8.30. The number of anilines is 1. The van der Waals surface area contributed by atoms with Crippen LogP contribution in [0.1, 0.15) is 11.3 Å². The van der Waals surface area contributed by atoms with Crippen molar-refractivity contribution in [2.24, 2.45) is 0 Å². The number of methoxy groups -OCH3 is 1. The van der Waals surface area contributed by atoms with E-state index in [1.807, 2.05) is 24.1 Å². The van der Waals surface area contributed by atoms with Gasteiger partial charge < -0.3 is 9.64 Å². The lowest BCUT2D eigenvalue weighted by Gasteiger charge is -2.15. The highest BCUT2D eigenvalue weighted by atomic mass is 19.1. The van der Waals surface area contributed by atoms with E-state index < -0.39 is 0 Å². The van der Waals surface area contributed by atoms with Gasteiger partial charge in [0, 0.05) is 55.8 Å². The highest BCUT2D eigenvalue weighted by molar-refractivity contribution is 5.72. The molecule has 0 saturated carbocycles. The van der Waals surface area contributed by atoms with Gasteiger partial charge in [-0.1, -0.05) is 12.1 Å². The van der Waals surface area contributed by atoms with Gasteiger partial charge in [0.1, 0.15) is 11.6 Å². The Bertz CT molecular complexity index is 928. The van der Waals surface area contributed by atoms with Gasteiger partial charge in [-0.3, -0.25) is 4.98 Å². The maximum atomic E-state index is 13.5. The van der Waals surface area contributed by atoms with Gasteiger partial charge in [-0.15, -0.1) is 6.58 Å². The van der Waals surface area contributed by atoms with Crippen molar-refractivity contribution in [3.05, 3.63) is 78.7 Å². The third-order valence-corrected chi connectivity index (χ3v) is 4.15. The van der Waals surface area contributed by atoms with E-state index in [-0.39, 0.29) is 5.82 Å². The summed E-state index contributed by atoms with van der Waals surface area (Å²) in [6.07, 6.45) is 7.68. The van der Waals surface area contributed by atoms with Crippen LogP contribution in [0.3, 0.4) is 0 Å². The van der Waals surface area contributed by atoms with E-state index in [4.69, 9.17) is 4.74 Å². The van der Waals surface area contributed by atoms with E-state index >= 15 is 0 Å². The van der Waals surface area contributed by atoms with E-state index in [1.54, 1.807) is 30.7 Å². The average Bonchev–Trinajstić information content (AvgIpc) is 2.69. The van der Waals surface area contributed by atoms with E-state index in [2.05, 4.69) is 21.5 Å². The largest absolute Gasteiger partial charge is 0.496 e. The summed E-state index contributed by atoms with van der Waals surface area (Å²) in [7, 11) is 3.44. The van der Waals surface area contributed by atoms with Gasteiger partial charge in [0.05, 0.1) is 12.8 Å². The number of pyridine rings is 1. The molecule has 0 amide bonds. The molecule has 0 atom stereocenters. The van der Waals surface area contributed by atoms with Gasteiger partial charge in [0.25, 0.3) is 0 Å². The maximum Gasteiger partial charge on any atom is 0.225 e. The minimum atomic E-state index is -0.339. The standard InChI is InChI=1S/C21H21FN4O/c1-4-10-26(2)21-24-13-15(14-25-21)11-19-17(6-5-9-23-19)18-8-7-16(22)12-20(18)27-3/h4-9,12-14H,1,10-11H2,2-3H3. The molecule has 138 valence electrons. The number of rotatable bonds is 7. The summed E-state index contributed by atoms with van der Waals surface area (Å²) in [4.78, 5) is 15.2. The fraction of sp³-hybridized carbons (Fsp3) is 0.190. The van der Waals surface area contributed by atoms with E-state index in [9.17, 15) is 4.39 Å². The number of halogens is 1. The summed E-state index contributed by atoms with van der Waals surface area (Å²) < 4.78 is 18.9. The second-order valence-corrected chi connectivity index (χ2v) is 6.08. The van der Waals surface area contributed by atoms with Gasteiger partial charge in [-0.2, -0.15) is 0 Å². The van der Waals surface area contributed by atoms with Crippen LogP contribution in [0.15, 0.2) is 61.6 Å². The number of likely N-dealkylation sites (N-methyl/N-ethyl adjacent to an activating group) is 1. The second kappa shape index (κ2) is 8.40. The Labute approximate surface area is 158 Å². The molecule has 0 fully saturated rings. The molecule has 5 nitrogen and oxygen atoms in total. The zero-order valence-corrected chi connectivity index (χ0v) is 15.4. The molecule has 0 unspecified atom stereocenters. The van der Waals surface area contributed by atoms with Crippen molar-refractivity contribution in [1.29, 1.82) is 0 Å². The molecule has 3 aromatic rings. The van der Waals surface area contributed by atoms with Crippen LogP contribution in [0.2, 0.25) is 0 Å². The van der Waals surface area contributed by atoms with Crippen molar-refractivity contribution in [1.82, 2.24) is 15.0 Å². The average molecular weight is 364 g/mol. The number of hydrogen-bond donors (Lipinski definition) is 0. The smallest absolute Gasteiger partial charge is 0.225 e.